The quantitative estimate of drug-likeness (QED) is 0.705. The first-order chi connectivity index (χ1) is 9.33. The van der Waals surface area contributed by atoms with Crippen LogP contribution in [0.2, 0.25) is 5.02 Å². The first kappa shape index (κ1) is 12.7. The van der Waals surface area contributed by atoms with Gasteiger partial charge in [0.05, 0.1) is 11.2 Å². The number of aromatic amines is 1. The van der Waals surface area contributed by atoms with Gasteiger partial charge in [-0.3, -0.25) is 0 Å². The van der Waals surface area contributed by atoms with Crippen molar-refractivity contribution >= 4 is 33.8 Å². The van der Waals surface area contributed by atoms with Crippen LogP contribution in [-0.4, -0.2) is 16.5 Å². The van der Waals surface area contributed by atoms with Crippen molar-refractivity contribution < 1.29 is 0 Å². The Bertz CT molecular complexity index is 660. The van der Waals surface area contributed by atoms with E-state index in [0.29, 0.717) is 0 Å². The van der Waals surface area contributed by atoms with Crippen LogP contribution in [0, 0.1) is 0 Å². The summed E-state index contributed by atoms with van der Waals surface area (Å²) in [6, 6.07) is 5.94. The zero-order chi connectivity index (χ0) is 13.1. The molecule has 0 bridgehead atoms. The van der Waals surface area contributed by atoms with Crippen LogP contribution in [0.15, 0.2) is 35.3 Å². The second kappa shape index (κ2) is 5.74. The highest BCUT2D eigenvalue weighted by Crippen LogP contribution is 2.21. The normalized spacial score (nSPS) is 11.2. The van der Waals surface area contributed by atoms with E-state index in [9.17, 15) is 0 Å². The minimum atomic E-state index is 0.761. The van der Waals surface area contributed by atoms with Crippen LogP contribution >= 0.6 is 22.9 Å². The summed E-state index contributed by atoms with van der Waals surface area (Å²) in [6.45, 7) is 1.79. The number of hydrogen-bond donors (Lipinski definition) is 2. The maximum atomic E-state index is 5.97. The van der Waals surface area contributed by atoms with Gasteiger partial charge in [0.15, 0.2) is 0 Å². The molecule has 0 fully saturated rings. The minimum Gasteiger partial charge on any atom is -0.361 e. The molecule has 1 aromatic carbocycles. The fraction of sp³-hybridized carbons (Fsp3) is 0.214. The maximum absolute atomic E-state index is 5.97. The summed E-state index contributed by atoms with van der Waals surface area (Å²) in [6.07, 6.45) is 3.01. The Hall–Kier alpha value is -1.36. The van der Waals surface area contributed by atoms with Crippen LogP contribution in [-0.2, 0) is 13.0 Å². The van der Waals surface area contributed by atoms with Crippen molar-refractivity contribution in [1.29, 1.82) is 0 Å². The summed E-state index contributed by atoms with van der Waals surface area (Å²) < 4.78 is 0. The Kier molecular flexibility index (Phi) is 3.82. The highest BCUT2D eigenvalue weighted by Gasteiger charge is 2.03. The first-order valence-electron chi connectivity index (χ1n) is 6.16. The number of halogens is 1. The molecule has 2 aromatic heterocycles. The summed E-state index contributed by atoms with van der Waals surface area (Å²) in [4.78, 5) is 7.52. The van der Waals surface area contributed by atoms with Gasteiger partial charge in [0.1, 0.15) is 0 Å². The van der Waals surface area contributed by atoms with E-state index in [-0.39, 0.29) is 0 Å². The maximum Gasteiger partial charge on any atom is 0.0794 e. The lowest BCUT2D eigenvalue weighted by molar-refractivity contribution is 0.684. The number of nitrogens with one attached hydrogen (secondary N) is 2. The summed E-state index contributed by atoms with van der Waals surface area (Å²) in [5.74, 6) is 0. The lowest BCUT2D eigenvalue weighted by Crippen LogP contribution is -2.16. The van der Waals surface area contributed by atoms with Gasteiger partial charge in [-0.25, -0.2) is 4.98 Å². The van der Waals surface area contributed by atoms with Crippen LogP contribution in [0.5, 0.6) is 0 Å². The number of fused-ring (bicyclic) bond motifs is 1. The van der Waals surface area contributed by atoms with E-state index in [1.54, 1.807) is 11.3 Å². The van der Waals surface area contributed by atoms with Crippen LogP contribution in [0.25, 0.3) is 10.9 Å². The molecule has 0 unspecified atom stereocenters. The topological polar surface area (TPSA) is 40.7 Å². The Morgan fingerprint density at radius 1 is 1.37 bits per heavy atom. The van der Waals surface area contributed by atoms with E-state index >= 15 is 0 Å². The molecule has 98 valence electrons. The predicted molar refractivity (Wildman–Crippen MR) is 80.8 cm³/mol. The van der Waals surface area contributed by atoms with Gasteiger partial charge in [-0.2, -0.15) is 0 Å². The van der Waals surface area contributed by atoms with Gasteiger partial charge in [0.25, 0.3) is 0 Å². The molecular formula is C14H14ClN3S. The fourth-order valence-corrected chi connectivity index (χ4v) is 2.87. The SMILES string of the molecule is Clc1ccc2c(CNCCc3cscn3)c[nH]c2c1. The standard InChI is InChI=1S/C14H14ClN3S/c15-11-1-2-13-10(7-17-14(13)5-11)6-16-4-3-12-8-19-9-18-12/h1-2,5,7-9,16-17H,3-4,6H2. The Balaban J connectivity index is 1.59. The first-order valence-corrected chi connectivity index (χ1v) is 7.48. The molecule has 19 heavy (non-hydrogen) atoms. The van der Waals surface area contributed by atoms with Crippen molar-refractivity contribution in [2.75, 3.05) is 6.54 Å². The third-order valence-corrected chi connectivity index (χ3v) is 3.96. The molecule has 3 aromatic rings. The molecule has 0 aliphatic heterocycles. The number of rotatable bonds is 5. The van der Waals surface area contributed by atoms with Crippen molar-refractivity contribution in [2.45, 2.75) is 13.0 Å². The molecule has 0 aliphatic carbocycles. The predicted octanol–water partition coefficient (Wildman–Crippen LogP) is 3.61. The number of thiazole rings is 1. The van der Waals surface area contributed by atoms with E-state index in [1.807, 2.05) is 23.8 Å². The molecule has 5 heteroatoms. The molecule has 2 N–H and O–H groups in total. The third-order valence-electron chi connectivity index (χ3n) is 3.09. The smallest absolute Gasteiger partial charge is 0.0794 e. The second-order valence-electron chi connectivity index (χ2n) is 4.41. The van der Waals surface area contributed by atoms with Gasteiger partial charge in [0, 0.05) is 47.0 Å². The second-order valence-corrected chi connectivity index (χ2v) is 5.57. The van der Waals surface area contributed by atoms with Crippen molar-refractivity contribution in [3.63, 3.8) is 0 Å². The van der Waals surface area contributed by atoms with Crippen molar-refractivity contribution in [2.24, 2.45) is 0 Å². The number of hydrogen-bond acceptors (Lipinski definition) is 3. The number of aromatic nitrogens is 2. The van der Waals surface area contributed by atoms with Gasteiger partial charge in [-0.05, 0) is 17.7 Å². The van der Waals surface area contributed by atoms with Gasteiger partial charge >= 0.3 is 0 Å². The third kappa shape index (κ3) is 2.97. The molecule has 0 saturated carbocycles. The zero-order valence-corrected chi connectivity index (χ0v) is 11.9. The number of H-pyrrole nitrogens is 1. The Morgan fingerprint density at radius 2 is 2.32 bits per heavy atom. The molecular weight excluding hydrogens is 278 g/mol. The minimum absolute atomic E-state index is 0.761. The molecule has 3 rings (SSSR count). The van der Waals surface area contributed by atoms with E-state index in [4.69, 9.17) is 11.6 Å². The van der Waals surface area contributed by atoms with Crippen molar-refractivity contribution in [3.8, 4) is 0 Å². The van der Waals surface area contributed by atoms with Gasteiger partial charge in [-0.1, -0.05) is 17.7 Å². The van der Waals surface area contributed by atoms with Gasteiger partial charge < -0.3 is 10.3 Å². The lowest BCUT2D eigenvalue weighted by Gasteiger charge is -2.02. The fourth-order valence-electron chi connectivity index (χ4n) is 2.11. The summed E-state index contributed by atoms with van der Waals surface area (Å²) >= 11 is 7.61. The molecule has 0 saturated heterocycles. The van der Waals surface area contributed by atoms with Gasteiger partial charge in [0.2, 0.25) is 0 Å². The molecule has 0 radical (unpaired) electrons. The highest BCUT2D eigenvalue weighted by atomic mass is 35.5. The zero-order valence-electron chi connectivity index (χ0n) is 10.3. The van der Waals surface area contributed by atoms with E-state index in [0.717, 1.165) is 35.7 Å². The average molecular weight is 292 g/mol. The lowest BCUT2D eigenvalue weighted by atomic mass is 10.2. The summed E-state index contributed by atoms with van der Waals surface area (Å²) in [5, 5.41) is 7.53. The number of nitrogens with zero attached hydrogens (tertiary/aromatic N) is 1. The molecule has 2 heterocycles. The molecule has 0 spiro atoms. The van der Waals surface area contributed by atoms with E-state index in [1.165, 1.54) is 10.9 Å². The molecule has 0 amide bonds. The van der Waals surface area contributed by atoms with E-state index in [2.05, 4.69) is 26.7 Å². The van der Waals surface area contributed by atoms with Crippen LogP contribution in [0.4, 0.5) is 0 Å². The molecule has 0 aliphatic rings. The summed E-state index contributed by atoms with van der Waals surface area (Å²) in [5.41, 5.74) is 5.38. The molecule has 0 atom stereocenters. The van der Waals surface area contributed by atoms with Crippen LogP contribution < -0.4 is 5.32 Å². The Labute approximate surface area is 120 Å². The van der Waals surface area contributed by atoms with Crippen LogP contribution in [0.1, 0.15) is 11.3 Å². The van der Waals surface area contributed by atoms with Gasteiger partial charge in [-0.15, -0.1) is 11.3 Å². The largest absolute Gasteiger partial charge is 0.361 e. The van der Waals surface area contributed by atoms with Crippen molar-refractivity contribution in [1.82, 2.24) is 15.3 Å². The average Bonchev–Trinajstić information content (AvgIpc) is 3.03. The Morgan fingerprint density at radius 3 is 3.16 bits per heavy atom. The van der Waals surface area contributed by atoms with E-state index < -0.39 is 0 Å². The van der Waals surface area contributed by atoms with Crippen molar-refractivity contribution in [3.05, 3.63) is 51.6 Å². The monoisotopic (exact) mass is 291 g/mol. The highest BCUT2D eigenvalue weighted by molar-refractivity contribution is 7.07. The van der Waals surface area contributed by atoms with Crippen LogP contribution in [0.3, 0.4) is 0 Å². The number of benzene rings is 1. The summed E-state index contributed by atoms with van der Waals surface area (Å²) in [7, 11) is 0. The molecule has 3 nitrogen and oxygen atoms in total.